The van der Waals surface area contributed by atoms with Gasteiger partial charge in [0.25, 0.3) is 0 Å². The molecular weight excluding hydrogens is 1000 g/mol. The van der Waals surface area contributed by atoms with Crippen molar-refractivity contribution in [2.24, 2.45) is 0 Å². The number of phosphoric acid groups is 1. The molecule has 79 heavy (non-hydrogen) atoms. The summed E-state index contributed by atoms with van der Waals surface area (Å²) in [4.78, 5) is 37.8. The monoisotopic (exact) mass is 1130 g/mol. The summed E-state index contributed by atoms with van der Waals surface area (Å²) >= 11 is 0. The Morgan fingerprint density at radius 2 is 0.810 bits per heavy atom. The lowest BCUT2D eigenvalue weighted by Crippen LogP contribution is -2.47. The van der Waals surface area contributed by atoms with E-state index in [-0.39, 0.29) is 31.5 Å². The number of carbonyl (C=O) groups is 2. The van der Waals surface area contributed by atoms with E-state index < -0.39 is 20.0 Å². The number of unbranched alkanes of at least 4 members (excludes halogenated alkanes) is 34. The molecule has 0 fully saturated rings. The molecule has 0 aliphatic heterocycles. The lowest BCUT2D eigenvalue weighted by atomic mass is 10.0. The van der Waals surface area contributed by atoms with Crippen molar-refractivity contribution in [2.75, 3.05) is 40.9 Å². The maximum absolute atomic E-state index is 13.5. The second-order valence-electron chi connectivity index (χ2n) is 23.6. The van der Waals surface area contributed by atoms with E-state index in [0.717, 1.165) is 89.9 Å². The summed E-state index contributed by atoms with van der Waals surface area (Å²) in [5.41, 5.74) is 0. The van der Waals surface area contributed by atoms with Gasteiger partial charge in [-0.25, -0.2) is 4.57 Å². The van der Waals surface area contributed by atoms with Crippen molar-refractivity contribution in [1.29, 1.82) is 0 Å². The van der Waals surface area contributed by atoms with Crippen LogP contribution in [0.5, 0.6) is 0 Å². The lowest BCUT2D eigenvalue weighted by Gasteiger charge is -2.27. The van der Waals surface area contributed by atoms with Crippen molar-refractivity contribution < 1.29 is 37.3 Å². The van der Waals surface area contributed by atoms with Crippen molar-refractivity contribution in [2.45, 2.75) is 315 Å². The minimum absolute atomic E-state index is 0.0398. The maximum atomic E-state index is 13.5. The normalized spacial score (nSPS) is 14.1. The number of ether oxygens (including phenoxy) is 1. The van der Waals surface area contributed by atoms with E-state index in [2.05, 4.69) is 86.8 Å². The first-order valence-corrected chi connectivity index (χ1v) is 34.8. The van der Waals surface area contributed by atoms with Crippen LogP contribution in [0.15, 0.2) is 72.9 Å². The van der Waals surface area contributed by atoms with Gasteiger partial charge in [-0.1, -0.05) is 287 Å². The lowest BCUT2D eigenvalue weighted by molar-refractivity contribution is -0.870. The maximum Gasteiger partial charge on any atom is 0.472 e. The number of likely N-dealkylation sites (N-methyl/N-ethyl adjacent to an activating group) is 1. The highest BCUT2D eigenvalue weighted by Gasteiger charge is 2.30. The van der Waals surface area contributed by atoms with Crippen LogP contribution in [0.3, 0.4) is 0 Å². The van der Waals surface area contributed by atoms with Crippen molar-refractivity contribution in [3.05, 3.63) is 72.9 Å². The summed E-state index contributed by atoms with van der Waals surface area (Å²) < 4.78 is 30.7. The van der Waals surface area contributed by atoms with Gasteiger partial charge in [0.15, 0.2) is 0 Å². The molecule has 0 aromatic heterocycles. The Morgan fingerprint density at radius 3 is 1.22 bits per heavy atom. The van der Waals surface area contributed by atoms with E-state index in [9.17, 15) is 19.0 Å². The molecule has 0 aromatic rings. The largest absolute Gasteiger partial charge is 0.472 e. The van der Waals surface area contributed by atoms with Gasteiger partial charge < -0.3 is 19.4 Å². The first kappa shape index (κ1) is 76.5. The number of quaternary nitrogens is 1. The molecule has 10 heteroatoms. The van der Waals surface area contributed by atoms with Crippen molar-refractivity contribution in [3.8, 4) is 0 Å². The third-order valence-electron chi connectivity index (χ3n) is 14.7. The van der Waals surface area contributed by atoms with E-state index in [1.54, 1.807) is 0 Å². The highest BCUT2D eigenvalue weighted by atomic mass is 31.2. The van der Waals surface area contributed by atoms with Crippen molar-refractivity contribution in [1.82, 2.24) is 5.32 Å². The minimum atomic E-state index is -4.45. The van der Waals surface area contributed by atoms with Gasteiger partial charge in [0.1, 0.15) is 19.3 Å². The van der Waals surface area contributed by atoms with Crippen LogP contribution >= 0.6 is 7.82 Å². The topological polar surface area (TPSA) is 111 Å². The molecule has 0 heterocycles. The first-order chi connectivity index (χ1) is 38.4. The second-order valence-corrected chi connectivity index (χ2v) is 25.1. The molecule has 3 atom stereocenters. The number of nitrogens with one attached hydrogen (secondary N) is 1. The quantitative estimate of drug-likeness (QED) is 0.0205. The number of rotatable bonds is 60. The fraction of sp³-hybridized carbons (Fsp3) is 0.797. The summed E-state index contributed by atoms with van der Waals surface area (Å²) in [7, 11) is 1.50. The standard InChI is InChI=1S/C69H127N2O7P/c1-7-10-13-16-19-22-25-28-30-31-32-33-34-35-36-37-38-39-40-41-42-44-47-50-53-56-59-62-69(73)78-67(60-57-54-51-48-45-27-24-21-18-15-12-9-3)66(65-77-79(74,75)76-64-63-71(4,5)6)70-68(72)61-58-55-52-49-46-43-29-26-23-20-17-14-11-8-2/h10,13,19,22,28,30,32-33,35-36,57,60,66-67H,7-9,11-12,14-18,20-21,23-27,29,31,34,37-56,58-59,61-65H2,1-6H3,(H-,70,72,74,75)/p+1/b13-10-,22-19-,30-28-,33-32-,36-35-,60-57-. The highest BCUT2D eigenvalue weighted by molar-refractivity contribution is 7.47. The molecule has 0 aromatic carbocycles. The molecule has 9 nitrogen and oxygen atoms in total. The summed E-state index contributed by atoms with van der Waals surface area (Å²) in [6.45, 7) is 6.92. The van der Waals surface area contributed by atoms with Gasteiger partial charge in [-0.15, -0.1) is 0 Å². The van der Waals surface area contributed by atoms with Crippen molar-refractivity contribution >= 4 is 19.7 Å². The smallest absolute Gasteiger partial charge is 0.456 e. The molecule has 0 aliphatic carbocycles. The van der Waals surface area contributed by atoms with Gasteiger partial charge in [0.2, 0.25) is 5.91 Å². The third-order valence-corrected chi connectivity index (χ3v) is 15.6. The van der Waals surface area contributed by atoms with Gasteiger partial charge in [-0.05, 0) is 76.7 Å². The zero-order valence-electron chi connectivity index (χ0n) is 52.6. The van der Waals surface area contributed by atoms with Crippen LogP contribution in [0.4, 0.5) is 0 Å². The van der Waals surface area contributed by atoms with Crippen LogP contribution in [0.25, 0.3) is 0 Å². The minimum Gasteiger partial charge on any atom is -0.456 e. The summed E-state index contributed by atoms with van der Waals surface area (Å²) in [5.74, 6) is -0.500. The van der Waals surface area contributed by atoms with E-state index in [1.807, 2.05) is 33.3 Å². The number of phosphoric ester groups is 1. The number of carbonyl (C=O) groups excluding carboxylic acids is 2. The Bertz CT molecular complexity index is 1580. The van der Waals surface area contributed by atoms with Gasteiger partial charge >= 0.3 is 13.8 Å². The summed E-state index contributed by atoms with van der Waals surface area (Å²) in [6.07, 6.45) is 76.2. The summed E-state index contributed by atoms with van der Waals surface area (Å²) in [6, 6.07) is -0.849. The Kier molecular flexibility index (Phi) is 56.7. The molecule has 2 N–H and O–H groups in total. The fourth-order valence-electron chi connectivity index (χ4n) is 9.56. The molecule has 0 radical (unpaired) electrons. The predicted octanol–water partition coefficient (Wildman–Crippen LogP) is 20.8. The van der Waals surface area contributed by atoms with Gasteiger partial charge in [-0.3, -0.25) is 18.6 Å². The number of nitrogens with zero attached hydrogens (tertiary/aromatic N) is 1. The molecule has 0 spiro atoms. The number of hydrogen-bond donors (Lipinski definition) is 2. The Balaban J connectivity index is 5.05. The molecule has 0 aliphatic rings. The number of esters is 1. The third kappa shape index (κ3) is 59.9. The van der Waals surface area contributed by atoms with Crippen LogP contribution in [-0.2, 0) is 27.9 Å². The van der Waals surface area contributed by atoms with E-state index in [1.165, 1.54) is 180 Å². The SMILES string of the molecule is CC/C=C\C/C=C\C/C=C\C/C=C\C/C=C\CCCCCCCCCCCCCC(=O)OC(/C=C\CCCCCCCCCCCC)C(COP(=O)(O)OCC[N+](C)(C)C)NC(=O)CCCCCCCCCCCCCCCC. The Labute approximate surface area is 489 Å². The average molecular weight is 1130 g/mol. The van der Waals surface area contributed by atoms with Crippen LogP contribution in [0.1, 0.15) is 303 Å². The van der Waals surface area contributed by atoms with Gasteiger partial charge in [0.05, 0.1) is 33.8 Å². The van der Waals surface area contributed by atoms with E-state index >= 15 is 0 Å². The van der Waals surface area contributed by atoms with Crippen molar-refractivity contribution in [3.63, 3.8) is 0 Å². The number of allylic oxidation sites excluding steroid dienone is 11. The Hall–Kier alpha value is -2.55. The molecule has 1 amide bonds. The predicted molar refractivity (Wildman–Crippen MR) is 341 cm³/mol. The Morgan fingerprint density at radius 1 is 0.456 bits per heavy atom. The zero-order valence-corrected chi connectivity index (χ0v) is 53.5. The van der Waals surface area contributed by atoms with Crippen LogP contribution < -0.4 is 5.32 Å². The fourth-order valence-corrected chi connectivity index (χ4v) is 10.3. The van der Waals surface area contributed by atoms with Crippen LogP contribution in [0, 0.1) is 0 Å². The second kappa shape index (κ2) is 58.6. The first-order valence-electron chi connectivity index (χ1n) is 33.3. The number of hydrogen-bond acceptors (Lipinski definition) is 6. The zero-order chi connectivity index (χ0) is 57.9. The average Bonchev–Trinajstić information content (AvgIpc) is 3.41. The summed E-state index contributed by atoms with van der Waals surface area (Å²) in [5, 5.41) is 3.06. The van der Waals surface area contributed by atoms with E-state index in [4.69, 9.17) is 13.8 Å². The molecular formula is C69H128N2O7P+. The van der Waals surface area contributed by atoms with Gasteiger partial charge in [0, 0.05) is 12.8 Å². The molecule has 0 rings (SSSR count). The van der Waals surface area contributed by atoms with E-state index in [0.29, 0.717) is 17.4 Å². The molecule has 0 bridgehead atoms. The molecule has 460 valence electrons. The van der Waals surface area contributed by atoms with Crippen LogP contribution in [0.2, 0.25) is 0 Å². The molecule has 3 unspecified atom stereocenters. The van der Waals surface area contributed by atoms with Gasteiger partial charge in [-0.2, -0.15) is 0 Å². The molecule has 0 saturated heterocycles. The molecule has 0 saturated carbocycles. The van der Waals surface area contributed by atoms with Crippen LogP contribution in [-0.4, -0.2) is 74.3 Å². The number of amides is 1. The highest BCUT2D eigenvalue weighted by Crippen LogP contribution is 2.43.